The van der Waals surface area contributed by atoms with Crippen LogP contribution in [0.2, 0.25) is 0 Å². The van der Waals surface area contributed by atoms with Crippen LogP contribution in [0, 0.1) is 0 Å². The van der Waals surface area contributed by atoms with Crippen LogP contribution in [0.1, 0.15) is 34.9 Å². The summed E-state index contributed by atoms with van der Waals surface area (Å²) in [4.78, 5) is 12.2. The SMILES string of the molecule is O=C(CC1CCOc2ccccc21)c1ccc(Br)o1. The molecule has 19 heavy (non-hydrogen) atoms. The Morgan fingerprint density at radius 2 is 2.11 bits per heavy atom. The number of furan rings is 1. The summed E-state index contributed by atoms with van der Waals surface area (Å²) >= 11 is 3.21. The number of carbonyl (C=O) groups is 1. The molecule has 0 N–H and O–H groups in total. The van der Waals surface area contributed by atoms with Crippen molar-refractivity contribution < 1.29 is 13.9 Å². The van der Waals surface area contributed by atoms with Crippen molar-refractivity contribution in [3.63, 3.8) is 0 Å². The van der Waals surface area contributed by atoms with Gasteiger partial charge in [0.15, 0.2) is 16.2 Å². The molecule has 3 nitrogen and oxygen atoms in total. The molecule has 1 aliphatic rings. The van der Waals surface area contributed by atoms with Crippen LogP contribution in [0.25, 0.3) is 0 Å². The van der Waals surface area contributed by atoms with E-state index in [0.717, 1.165) is 17.7 Å². The van der Waals surface area contributed by atoms with E-state index in [4.69, 9.17) is 9.15 Å². The van der Waals surface area contributed by atoms with Crippen molar-refractivity contribution in [1.29, 1.82) is 0 Å². The lowest BCUT2D eigenvalue weighted by molar-refractivity contribution is 0.0937. The molecule has 0 saturated heterocycles. The van der Waals surface area contributed by atoms with Crippen molar-refractivity contribution in [1.82, 2.24) is 0 Å². The summed E-state index contributed by atoms with van der Waals surface area (Å²) in [6.45, 7) is 0.664. The first-order valence-electron chi connectivity index (χ1n) is 6.24. The first-order chi connectivity index (χ1) is 9.24. The van der Waals surface area contributed by atoms with Gasteiger partial charge in [0.25, 0.3) is 0 Å². The molecule has 4 heteroatoms. The van der Waals surface area contributed by atoms with E-state index in [0.29, 0.717) is 23.5 Å². The first-order valence-corrected chi connectivity index (χ1v) is 7.03. The fraction of sp³-hybridized carbons (Fsp3) is 0.267. The lowest BCUT2D eigenvalue weighted by atomic mass is 9.88. The van der Waals surface area contributed by atoms with Gasteiger partial charge in [0, 0.05) is 6.42 Å². The number of ketones is 1. The van der Waals surface area contributed by atoms with E-state index in [1.165, 1.54) is 0 Å². The Labute approximate surface area is 119 Å². The van der Waals surface area contributed by atoms with Gasteiger partial charge in [-0.15, -0.1) is 0 Å². The fourth-order valence-electron chi connectivity index (χ4n) is 2.42. The maximum Gasteiger partial charge on any atom is 0.198 e. The predicted octanol–water partition coefficient (Wildman–Crippen LogP) is 4.18. The van der Waals surface area contributed by atoms with Crippen LogP contribution in [0.15, 0.2) is 45.5 Å². The monoisotopic (exact) mass is 320 g/mol. The minimum Gasteiger partial charge on any atom is -0.493 e. The highest BCUT2D eigenvalue weighted by Gasteiger charge is 2.25. The molecule has 1 aromatic heterocycles. The fourth-order valence-corrected chi connectivity index (χ4v) is 2.72. The van der Waals surface area contributed by atoms with E-state index in [9.17, 15) is 4.79 Å². The summed E-state index contributed by atoms with van der Waals surface area (Å²) in [7, 11) is 0. The predicted molar refractivity (Wildman–Crippen MR) is 74.7 cm³/mol. The van der Waals surface area contributed by atoms with Crippen LogP contribution < -0.4 is 4.74 Å². The molecule has 0 saturated carbocycles. The first kappa shape index (κ1) is 12.5. The molecule has 2 heterocycles. The van der Waals surface area contributed by atoms with Crippen molar-refractivity contribution in [2.45, 2.75) is 18.8 Å². The topological polar surface area (TPSA) is 39.4 Å². The molecule has 1 atom stereocenters. The summed E-state index contributed by atoms with van der Waals surface area (Å²) < 4.78 is 11.5. The molecule has 0 aliphatic carbocycles. The van der Waals surface area contributed by atoms with Crippen LogP contribution in [-0.2, 0) is 0 Å². The average molecular weight is 321 g/mol. The van der Waals surface area contributed by atoms with Crippen molar-refractivity contribution >= 4 is 21.7 Å². The summed E-state index contributed by atoms with van der Waals surface area (Å²) in [5, 5.41) is 0. The van der Waals surface area contributed by atoms with E-state index >= 15 is 0 Å². The number of Topliss-reactive ketones (excluding diaryl/α,β-unsaturated/α-hetero) is 1. The number of para-hydroxylation sites is 1. The summed E-state index contributed by atoms with van der Waals surface area (Å²) in [6.07, 6.45) is 1.32. The number of carbonyl (C=O) groups excluding carboxylic acids is 1. The second-order valence-corrected chi connectivity index (χ2v) is 5.38. The quantitative estimate of drug-likeness (QED) is 0.796. The number of rotatable bonds is 3. The van der Waals surface area contributed by atoms with E-state index in [-0.39, 0.29) is 11.7 Å². The molecule has 0 spiro atoms. The number of hydrogen-bond donors (Lipinski definition) is 0. The smallest absolute Gasteiger partial charge is 0.198 e. The molecular formula is C15H13BrO3. The lowest BCUT2D eigenvalue weighted by Crippen LogP contribution is -2.17. The molecule has 2 aromatic rings. The highest BCUT2D eigenvalue weighted by molar-refractivity contribution is 9.10. The average Bonchev–Trinajstić information content (AvgIpc) is 2.86. The molecule has 0 fully saturated rings. The number of hydrogen-bond acceptors (Lipinski definition) is 3. The molecule has 1 aliphatic heterocycles. The van der Waals surface area contributed by atoms with E-state index in [1.807, 2.05) is 24.3 Å². The zero-order valence-electron chi connectivity index (χ0n) is 10.3. The van der Waals surface area contributed by atoms with Gasteiger partial charge in [-0.3, -0.25) is 4.79 Å². The number of ether oxygens (including phenoxy) is 1. The molecule has 1 aromatic carbocycles. The van der Waals surface area contributed by atoms with Gasteiger partial charge in [-0.2, -0.15) is 0 Å². The Bertz CT molecular complexity index is 603. The summed E-state index contributed by atoms with van der Waals surface area (Å²) in [6, 6.07) is 11.4. The normalized spacial score (nSPS) is 17.6. The second kappa shape index (κ2) is 5.21. The van der Waals surface area contributed by atoms with Crippen LogP contribution >= 0.6 is 15.9 Å². The number of halogens is 1. The minimum atomic E-state index is 0.0346. The van der Waals surface area contributed by atoms with Crippen LogP contribution in [0.3, 0.4) is 0 Å². The van der Waals surface area contributed by atoms with Gasteiger partial charge >= 0.3 is 0 Å². The molecular weight excluding hydrogens is 308 g/mol. The van der Waals surface area contributed by atoms with Crippen molar-refractivity contribution in [2.24, 2.45) is 0 Å². The number of benzene rings is 1. The van der Waals surface area contributed by atoms with Gasteiger partial charge in [0.05, 0.1) is 6.61 Å². The van der Waals surface area contributed by atoms with E-state index in [1.54, 1.807) is 12.1 Å². The maximum atomic E-state index is 12.2. The third-order valence-corrected chi connectivity index (χ3v) is 3.79. The maximum absolute atomic E-state index is 12.2. The zero-order valence-corrected chi connectivity index (χ0v) is 11.9. The molecule has 3 rings (SSSR count). The summed E-state index contributed by atoms with van der Waals surface area (Å²) in [5.74, 6) is 1.55. The van der Waals surface area contributed by atoms with Crippen LogP contribution in [0.5, 0.6) is 5.75 Å². The van der Waals surface area contributed by atoms with Crippen molar-refractivity contribution in [3.8, 4) is 5.75 Å². The third-order valence-electron chi connectivity index (χ3n) is 3.36. The lowest BCUT2D eigenvalue weighted by Gasteiger charge is -2.25. The third kappa shape index (κ3) is 2.59. The van der Waals surface area contributed by atoms with Gasteiger partial charge in [-0.25, -0.2) is 0 Å². The number of fused-ring (bicyclic) bond motifs is 1. The van der Waals surface area contributed by atoms with Gasteiger partial charge in [-0.1, -0.05) is 18.2 Å². The highest BCUT2D eigenvalue weighted by Crippen LogP contribution is 2.36. The van der Waals surface area contributed by atoms with E-state index in [2.05, 4.69) is 15.9 Å². The Kier molecular flexibility index (Phi) is 3.42. The van der Waals surface area contributed by atoms with Crippen molar-refractivity contribution in [3.05, 3.63) is 52.4 Å². The minimum absolute atomic E-state index is 0.0346. The van der Waals surface area contributed by atoms with E-state index < -0.39 is 0 Å². The molecule has 1 unspecified atom stereocenters. The Hall–Kier alpha value is -1.55. The highest BCUT2D eigenvalue weighted by atomic mass is 79.9. The zero-order chi connectivity index (χ0) is 13.2. The van der Waals surface area contributed by atoms with Crippen molar-refractivity contribution in [2.75, 3.05) is 6.61 Å². The van der Waals surface area contributed by atoms with Crippen LogP contribution in [-0.4, -0.2) is 12.4 Å². The molecule has 0 radical (unpaired) electrons. The Morgan fingerprint density at radius 3 is 2.89 bits per heavy atom. The Morgan fingerprint density at radius 1 is 1.26 bits per heavy atom. The standard InChI is InChI=1S/C15H13BrO3/c16-15-6-5-14(19-15)12(17)9-10-7-8-18-13-4-2-1-3-11(10)13/h1-6,10H,7-9H2. The second-order valence-electron chi connectivity index (χ2n) is 4.60. The summed E-state index contributed by atoms with van der Waals surface area (Å²) in [5.41, 5.74) is 1.12. The Balaban J connectivity index is 1.79. The van der Waals surface area contributed by atoms with Gasteiger partial charge in [-0.05, 0) is 52.0 Å². The van der Waals surface area contributed by atoms with Gasteiger partial charge in [0.1, 0.15) is 5.75 Å². The van der Waals surface area contributed by atoms with Gasteiger partial charge < -0.3 is 9.15 Å². The molecule has 0 amide bonds. The molecule has 0 bridgehead atoms. The largest absolute Gasteiger partial charge is 0.493 e. The van der Waals surface area contributed by atoms with Gasteiger partial charge in [0.2, 0.25) is 0 Å². The van der Waals surface area contributed by atoms with Crippen LogP contribution in [0.4, 0.5) is 0 Å². The molecule has 98 valence electrons.